The number of rotatable bonds is 8. The van der Waals surface area contributed by atoms with Gasteiger partial charge in [-0.3, -0.25) is 14.6 Å². The van der Waals surface area contributed by atoms with Gasteiger partial charge in [0.15, 0.2) is 0 Å². The number of aromatic nitrogens is 1. The number of carbonyl (C=O) groups is 4. The van der Waals surface area contributed by atoms with Crippen molar-refractivity contribution in [1.82, 2.24) is 4.98 Å². The minimum atomic E-state index is -0.484. The first-order chi connectivity index (χ1) is 20.3. The highest BCUT2D eigenvalue weighted by atomic mass is 32.1. The molecule has 2 unspecified atom stereocenters. The average molecular weight is 610 g/mol. The van der Waals surface area contributed by atoms with Crippen LogP contribution < -0.4 is 10.6 Å². The summed E-state index contributed by atoms with van der Waals surface area (Å²) in [4.78, 5) is 58.0. The van der Waals surface area contributed by atoms with E-state index >= 15 is 0 Å². The summed E-state index contributed by atoms with van der Waals surface area (Å²) in [6.45, 7) is 4.33. The van der Waals surface area contributed by atoms with E-state index in [1.807, 2.05) is 0 Å². The highest BCUT2D eigenvalue weighted by Crippen LogP contribution is 2.42. The maximum absolute atomic E-state index is 13.2. The number of ether oxygens (including phenoxy) is 2. The number of esters is 2. The molecule has 0 spiro atoms. The van der Waals surface area contributed by atoms with Crippen molar-refractivity contribution in [3.05, 3.63) is 61.6 Å². The second kappa shape index (κ2) is 12.7. The van der Waals surface area contributed by atoms with Crippen LogP contribution in [0.2, 0.25) is 0 Å². The molecule has 0 saturated carbocycles. The Morgan fingerprint density at radius 3 is 1.74 bits per heavy atom. The molecular weight excluding hydrogens is 574 g/mol. The highest BCUT2D eigenvalue weighted by molar-refractivity contribution is 7.17. The topological polar surface area (TPSA) is 124 Å². The van der Waals surface area contributed by atoms with Gasteiger partial charge in [-0.1, -0.05) is 26.7 Å². The van der Waals surface area contributed by atoms with E-state index in [-0.39, 0.29) is 11.3 Å². The Morgan fingerprint density at radius 1 is 0.810 bits per heavy atom. The molecule has 0 saturated heterocycles. The molecule has 3 heterocycles. The zero-order valence-corrected chi connectivity index (χ0v) is 25.9. The standard InChI is InChI=1S/C31H35N3O6S2/c1-5-16-7-10-19-22(13-16)41-28(24(19)30(37)39-3)33-26(35)18-9-12-21(32-15-18)27(36)34-29-25(31(38)40-4)20-11-8-17(6-2)14-23(20)42-29/h9,12,15-17H,5-8,10-11,13-14H2,1-4H3,(H,33,35)(H,34,36). The lowest BCUT2D eigenvalue weighted by Gasteiger charge is -2.20. The fourth-order valence-corrected chi connectivity index (χ4v) is 8.51. The van der Waals surface area contributed by atoms with Crippen LogP contribution in [0, 0.1) is 11.8 Å². The summed E-state index contributed by atoms with van der Waals surface area (Å²) in [5.74, 6) is -0.734. The molecule has 2 atom stereocenters. The molecule has 0 radical (unpaired) electrons. The predicted octanol–water partition coefficient (Wildman–Crippen LogP) is 6.31. The maximum atomic E-state index is 13.2. The lowest BCUT2D eigenvalue weighted by Crippen LogP contribution is -2.18. The van der Waals surface area contributed by atoms with Crippen LogP contribution in [0.25, 0.3) is 0 Å². The number of fused-ring (bicyclic) bond motifs is 2. The SMILES string of the molecule is CCC1CCc2c(sc(NC(=O)c3ccc(C(=O)Nc4sc5c(c4C(=O)OC)CCC(CC)C5)nc3)c2C(=O)OC)C1. The van der Waals surface area contributed by atoms with Crippen molar-refractivity contribution in [3.8, 4) is 0 Å². The van der Waals surface area contributed by atoms with Crippen molar-refractivity contribution in [3.63, 3.8) is 0 Å². The van der Waals surface area contributed by atoms with E-state index in [9.17, 15) is 19.2 Å². The van der Waals surface area contributed by atoms with E-state index in [0.29, 0.717) is 33.0 Å². The number of hydrogen-bond donors (Lipinski definition) is 2. The molecule has 3 aromatic heterocycles. The largest absolute Gasteiger partial charge is 0.465 e. The third-order valence-electron chi connectivity index (χ3n) is 8.38. The van der Waals surface area contributed by atoms with Crippen LogP contribution in [-0.2, 0) is 35.2 Å². The fraction of sp³-hybridized carbons (Fsp3) is 0.452. The lowest BCUT2D eigenvalue weighted by molar-refractivity contribution is 0.0591. The van der Waals surface area contributed by atoms with Crippen LogP contribution in [0.4, 0.5) is 10.0 Å². The molecule has 2 aliphatic carbocycles. The number of anilines is 2. The number of amides is 2. The molecule has 2 amide bonds. The average Bonchev–Trinajstić information content (AvgIpc) is 3.56. The minimum absolute atomic E-state index is 0.104. The van der Waals surface area contributed by atoms with Gasteiger partial charge in [-0.05, 0) is 73.6 Å². The summed E-state index contributed by atoms with van der Waals surface area (Å²) in [5, 5.41) is 6.65. The van der Waals surface area contributed by atoms with Gasteiger partial charge in [0, 0.05) is 16.0 Å². The molecule has 0 aliphatic heterocycles. The van der Waals surface area contributed by atoms with Crippen LogP contribution in [0.1, 0.15) is 102 Å². The summed E-state index contributed by atoms with van der Waals surface area (Å²) >= 11 is 2.84. The zero-order chi connectivity index (χ0) is 30.0. The van der Waals surface area contributed by atoms with Gasteiger partial charge in [0.05, 0.1) is 30.9 Å². The fourth-order valence-electron chi connectivity index (χ4n) is 5.82. The summed E-state index contributed by atoms with van der Waals surface area (Å²) in [6.07, 6.45) is 8.77. The molecule has 0 fully saturated rings. The molecule has 2 N–H and O–H groups in total. The first-order valence-electron chi connectivity index (χ1n) is 14.3. The van der Waals surface area contributed by atoms with Crippen molar-refractivity contribution in [2.75, 3.05) is 24.9 Å². The molecule has 11 heteroatoms. The Kier molecular flexibility index (Phi) is 9.08. The van der Waals surface area contributed by atoms with Crippen LogP contribution >= 0.6 is 22.7 Å². The summed E-state index contributed by atoms with van der Waals surface area (Å²) in [6, 6.07) is 2.98. The van der Waals surface area contributed by atoms with Crippen LogP contribution in [0.3, 0.4) is 0 Å². The number of hydrogen-bond acceptors (Lipinski definition) is 9. The first-order valence-corrected chi connectivity index (χ1v) is 15.9. The number of nitrogens with one attached hydrogen (secondary N) is 2. The van der Waals surface area contributed by atoms with Crippen molar-refractivity contribution >= 4 is 56.4 Å². The van der Waals surface area contributed by atoms with E-state index in [0.717, 1.165) is 72.2 Å². The molecule has 2 aliphatic rings. The minimum Gasteiger partial charge on any atom is -0.465 e. The number of thiophene rings is 2. The van der Waals surface area contributed by atoms with E-state index in [1.165, 1.54) is 55.2 Å². The van der Waals surface area contributed by atoms with Gasteiger partial charge in [0.1, 0.15) is 15.7 Å². The van der Waals surface area contributed by atoms with Crippen LogP contribution in [-0.4, -0.2) is 43.0 Å². The number of nitrogens with zero attached hydrogens (tertiary/aromatic N) is 1. The summed E-state index contributed by atoms with van der Waals surface area (Å²) < 4.78 is 10.1. The van der Waals surface area contributed by atoms with Gasteiger partial charge in [-0.15, -0.1) is 22.7 Å². The smallest absolute Gasteiger partial charge is 0.341 e. The molecule has 42 heavy (non-hydrogen) atoms. The van der Waals surface area contributed by atoms with Crippen molar-refractivity contribution in [1.29, 1.82) is 0 Å². The lowest BCUT2D eigenvalue weighted by atomic mass is 9.85. The first kappa shape index (κ1) is 29.9. The van der Waals surface area contributed by atoms with Gasteiger partial charge in [0.25, 0.3) is 11.8 Å². The van der Waals surface area contributed by atoms with Crippen LogP contribution in [0.5, 0.6) is 0 Å². The predicted molar refractivity (Wildman–Crippen MR) is 163 cm³/mol. The molecule has 3 aromatic rings. The van der Waals surface area contributed by atoms with Gasteiger partial charge in [-0.2, -0.15) is 0 Å². The third-order valence-corrected chi connectivity index (χ3v) is 10.7. The molecule has 9 nitrogen and oxygen atoms in total. The van der Waals surface area contributed by atoms with E-state index < -0.39 is 23.8 Å². The van der Waals surface area contributed by atoms with E-state index in [1.54, 1.807) is 0 Å². The summed E-state index contributed by atoms with van der Waals surface area (Å²) in [7, 11) is 2.67. The third kappa shape index (κ3) is 5.85. The normalized spacial score (nSPS) is 17.5. The van der Waals surface area contributed by atoms with E-state index in [2.05, 4.69) is 29.5 Å². The molecule has 0 bridgehead atoms. The Bertz CT molecular complexity index is 1410. The van der Waals surface area contributed by atoms with Crippen molar-refractivity contribution in [2.45, 2.75) is 65.2 Å². The Hall–Kier alpha value is -3.57. The maximum Gasteiger partial charge on any atom is 0.341 e. The summed E-state index contributed by atoms with van der Waals surface area (Å²) in [5.41, 5.74) is 3.11. The molecule has 0 aromatic carbocycles. The molecule has 222 valence electrons. The number of pyridine rings is 1. The Morgan fingerprint density at radius 2 is 1.31 bits per heavy atom. The highest BCUT2D eigenvalue weighted by Gasteiger charge is 2.31. The molecule has 5 rings (SSSR count). The second-order valence-corrected chi connectivity index (χ2v) is 13.0. The van der Waals surface area contributed by atoms with Gasteiger partial charge >= 0.3 is 11.9 Å². The van der Waals surface area contributed by atoms with E-state index in [4.69, 9.17) is 9.47 Å². The Balaban J connectivity index is 1.32. The quantitative estimate of drug-likeness (QED) is 0.287. The van der Waals surface area contributed by atoms with Gasteiger partial charge < -0.3 is 20.1 Å². The molecular formula is C31H35N3O6S2. The number of methoxy groups -OCH3 is 2. The number of carbonyl (C=O) groups excluding carboxylic acids is 4. The second-order valence-electron chi connectivity index (χ2n) is 10.8. The monoisotopic (exact) mass is 609 g/mol. The van der Waals surface area contributed by atoms with Gasteiger partial charge in [-0.25, -0.2) is 9.59 Å². The van der Waals surface area contributed by atoms with Gasteiger partial charge in [0.2, 0.25) is 0 Å². The van der Waals surface area contributed by atoms with Crippen molar-refractivity contribution in [2.24, 2.45) is 11.8 Å². The van der Waals surface area contributed by atoms with Crippen molar-refractivity contribution < 1.29 is 28.7 Å². The zero-order valence-electron chi connectivity index (χ0n) is 24.3. The Labute approximate surface area is 253 Å². The van der Waals surface area contributed by atoms with Crippen LogP contribution in [0.15, 0.2) is 18.3 Å².